The van der Waals surface area contributed by atoms with Crippen molar-refractivity contribution in [3.8, 4) is 0 Å². The molecule has 4 nitrogen and oxygen atoms in total. The van der Waals surface area contributed by atoms with E-state index in [-0.39, 0.29) is 12.5 Å². The van der Waals surface area contributed by atoms with Gasteiger partial charge in [-0.3, -0.25) is 4.79 Å². The highest BCUT2D eigenvalue weighted by molar-refractivity contribution is 5.81. The van der Waals surface area contributed by atoms with Crippen LogP contribution in [0.15, 0.2) is 48.5 Å². The highest BCUT2D eigenvalue weighted by Gasteiger charge is 2.33. The average molecular weight is 370 g/mol. The molecule has 0 aliphatic rings. The Kier molecular flexibility index (Phi) is 7.17. The van der Waals surface area contributed by atoms with E-state index in [0.29, 0.717) is 6.04 Å². The molecule has 1 unspecified atom stereocenters. The van der Waals surface area contributed by atoms with E-state index in [9.17, 15) is 15.0 Å². The first-order valence-corrected chi connectivity index (χ1v) is 9.53. The number of benzene rings is 2. The van der Waals surface area contributed by atoms with Gasteiger partial charge in [-0.15, -0.1) is 0 Å². The summed E-state index contributed by atoms with van der Waals surface area (Å²) in [4.78, 5) is 11.9. The van der Waals surface area contributed by atoms with Gasteiger partial charge in [0.25, 0.3) is 0 Å². The number of hydrogen-bond donors (Lipinski definition) is 3. The molecule has 0 heterocycles. The third-order valence-electron chi connectivity index (χ3n) is 5.07. The molecular weight excluding hydrogens is 338 g/mol. The number of aliphatic hydroxyl groups excluding tert-OH is 1. The van der Waals surface area contributed by atoms with Crippen LogP contribution in [0.5, 0.6) is 0 Å². The molecule has 1 atom stereocenters. The van der Waals surface area contributed by atoms with Gasteiger partial charge in [-0.05, 0) is 49.1 Å². The summed E-state index contributed by atoms with van der Waals surface area (Å²) >= 11 is 0. The standard InChI is InChI=1S/C23H31NO3/c1-16(2)24-13-12-19(18-8-6-5-7-9-18)20-14-17(15-25)10-11-21(20)23(3,4)22(26)27/h5-11,14,16,19,24-25H,12-13,15H2,1-4H3,(H,26,27). The summed E-state index contributed by atoms with van der Waals surface area (Å²) in [6, 6.07) is 16.2. The molecule has 0 saturated heterocycles. The zero-order valence-electron chi connectivity index (χ0n) is 16.7. The summed E-state index contributed by atoms with van der Waals surface area (Å²) < 4.78 is 0. The summed E-state index contributed by atoms with van der Waals surface area (Å²) in [5, 5.41) is 22.9. The zero-order valence-corrected chi connectivity index (χ0v) is 16.7. The number of hydrogen-bond acceptors (Lipinski definition) is 3. The van der Waals surface area contributed by atoms with Crippen molar-refractivity contribution < 1.29 is 15.0 Å². The SMILES string of the molecule is CC(C)NCCC(c1ccccc1)c1cc(CO)ccc1C(C)(C)C(=O)O. The third-order valence-corrected chi connectivity index (χ3v) is 5.07. The minimum absolute atomic E-state index is 0.0533. The molecule has 0 radical (unpaired) electrons. The maximum absolute atomic E-state index is 11.9. The first-order valence-electron chi connectivity index (χ1n) is 9.53. The van der Waals surface area contributed by atoms with Crippen LogP contribution in [0.3, 0.4) is 0 Å². The number of carboxylic acids is 1. The molecule has 27 heavy (non-hydrogen) atoms. The van der Waals surface area contributed by atoms with Gasteiger partial charge in [0.15, 0.2) is 0 Å². The number of carboxylic acid groups (broad SMARTS) is 1. The summed E-state index contributed by atoms with van der Waals surface area (Å²) in [5.74, 6) is -0.801. The van der Waals surface area contributed by atoms with Crippen molar-refractivity contribution in [2.45, 2.75) is 58.1 Å². The lowest BCUT2D eigenvalue weighted by Gasteiger charge is -2.29. The Morgan fingerprint density at radius 3 is 2.33 bits per heavy atom. The van der Waals surface area contributed by atoms with Crippen molar-refractivity contribution in [3.63, 3.8) is 0 Å². The molecule has 4 heteroatoms. The monoisotopic (exact) mass is 369 g/mol. The van der Waals surface area contributed by atoms with Crippen LogP contribution in [0.2, 0.25) is 0 Å². The van der Waals surface area contributed by atoms with E-state index in [1.165, 1.54) is 0 Å². The molecule has 0 aliphatic carbocycles. The second-order valence-corrected chi connectivity index (χ2v) is 7.87. The molecule has 0 saturated carbocycles. The highest BCUT2D eigenvalue weighted by Crippen LogP contribution is 2.37. The molecule has 0 aromatic heterocycles. The van der Waals surface area contributed by atoms with Crippen LogP contribution in [-0.2, 0) is 16.8 Å². The first kappa shape index (κ1) is 21.1. The van der Waals surface area contributed by atoms with Gasteiger partial charge in [0, 0.05) is 12.0 Å². The van der Waals surface area contributed by atoms with Gasteiger partial charge in [0.2, 0.25) is 0 Å². The summed E-state index contributed by atoms with van der Waals surface area (Å²) in [5.41, 5.74) is 2.71. The maximum Gasteiger partial charge on any atom is 0.313 e. The molecule has 2 rings (SSSR count). The largest absolute Gasteiger partial charge is 0.481 e. The summed E-state index contributed by atoms with van der Waals surface area (Å²) in [6.07, 6.45) is 0.847. The van der Waals surface area contributed by atoms with Crippen LogP contribution in [0.4, 0.5) is 0 Å². The Hall–Kier alpha value is -2.17. The molecule has 3 N–H and O–H groups in total. The van der Waals surface area contributed by atoms with E-state index in [1.807, 2.05) is 36.4 Å². The normalized spacial score (nSPS) is 13.0. The maximum atomic E-state index is 11.9. The lowest BCUT2D eigenvalue weighted by Crippen LogP contribution is -2.31. The van der Waals surface area contributed by atoms with E-state index in [1.54, 1.807) is 13.8 Å². The molecule has 2 aromatic carbocycles. The number of aliphatic hydroxyl groups is 1. The van der Waals surface area contributed by atoms with Crippen molar-refractivity contribution in [1.29, 1.82) is 0 Å². The van der Waals surface area contributed by atoms with Crippen molar-refractivity contribution in [3.05, 3.63) is 70.8 Å². The van der Waals surface area contributed by atoms with Crippen molar-refractivity contribution in [2.24, 2.45) is 0 Å². The molecule has 0 aliphatic heterocycles. The van der Waals surface area contributed by atoms with Crippen LogP contribution >= 0.6 is 0 Å². The Balaban J connectivity index is 2.57. The van der Waals surface area contributed by atoms with Gasteiger partial charge < -0.3 is 15.5 Å². The van der Waals surface area contributed by atoms with Gasteiger partial charge in [0.05, 0.1) is 12.0 Å². The zero-order chi connectivity index (χ0) is 20.0. The van der Waals surface area contributed by atoms with Crippen LogP contribution in [0.1, 0.15) is 62.3 Å². The molecule has 0 spiro atoms. The predicted octanol–water partition coefficient (Wildman–Crippen LogP) is 4.06. The molecule has 0 amide bonds. The fourth-order valence-corrected chi connectivity index (χ4v) is 3.39. The predicted molar refractivity (Wildman–Crippen MR) is 109 cm³/mol. The molecule has 0 bridgehead atoms. The van der Waals surface area contributed by atoms with Crippen LogP contribution < -0.4 is 5.32 Å². The van der Waals surface area contributed by atoms with Gasteiger partial charge in [-0.2, -0.15) is 0 Å². The van der Waals surface area contributed by atoms with E-state index in [4.69, 9.17) is 0 Å². The first-order chi connectivity index (χ1) is 12.8. The molecule has 0 fully saturated rings. The lowest BCUT2D eigenvalue weighted by atomic mass is 9.75. The summed E-state index contributed by atoms with van der Waals surface area (Å²) in [7, 11) is 0. The van der Waals surface area contributed by atoms with Crippen LogP contribution in [0, 0.1) is 0 Å². The van der Waals surface area contributed by atoms with Crippen molar-refractivity contribution in [2.75, 3.05) is 6.54 Å². The van der Waals surface area contributed by atoms with Gasteiger partial charge in [0.1, 0.15) is 0 Å². The topological polar surface area (TPSA) is 69.6 Å². The highest BCUT2D eigenvalue weighted by atomic mass is 16.4. The number of aliphatic carboxylic acids is 1. The minimum Gasteiger partial charge on any atom is -0.481 e. The Labute approximate surface area is 162 Å². The van der Waals surface area contributed by atoms with Crippen molar-refractivity contribution >= 4 is 5.97 Å². The number of carbonyl (C=O) groups is 1. The Bertz CT molecular complexity index is 753. The molecule has 2 aromatic rings. The van der Waals surface area contributed by atoms with E-state index in [2.05, 4.69) is 31.3 Å². The van der Waals surface area contributed by atoms with Crippen LogP contribution in [-0.4, -0.2) is 28.8 Å². The fraction of sp³-hybridized carbons (Fsp3) is 0.435. The van der Waals surface area contributed by atoms with Gasteiger partial charge >= 0.3 is 5.97 Å². The number of nitrogens with one attached hydrogen (secondary N) is 1. The minimum atomic E-state index is -1.01. The van der Waals surface area contributed by atoms with E-state index in [0.717, 1.165) is 35.2 Å². The smallest absolute Gasteiger partial charge is 0.313 e. The second kappa shape index (κ2) is 9.16. The Morgan fingerprint density at radius 1 is 1.11 bits per heavy atom. The number of rotatable bonds is 9. The van der Waals surface area contributed by atoms with E-state index < -0.39 is 11.4 Å². The lowest BCUT2D eigenvalue weighted by molar-refractivity contribution is -0.142. The van der Waals surface area contributed by atoms with Crippen LogP contribution in [0.25, 0.3) is 0 Å². The third kappa shape index (κ3) is 5.18. The van der Waals surface area contributed by atoms with Crippen molar-refractivity contribution in [1.82, 2.24) is 5.32 Å². The fourth-order valence-electron chi connectivity index (χ4n) is 3.39. The van der Waals surface area contributed by atoms with Gasteiger partial charge in [-0.25, -0.2) is 0 Å². The second-order valence-electron chi connectivity index (χ2n) is 7.87. The van der Waals surface area contributed by atoms with Gasteiger partial charge in [-0.1, -0.05) is 62.4 Å². The van der Waals surface area contributed by atoms with E-state index >= 15 is 0 Å². The Morgan fingerprint density at radius 2 is 1.78 bits per heavy atom. The average Bonchev–Trinajstić information content (AvgIpc) is 2.65. The molecule has 146 valence electrons. The quantitative estimate of drug-likeness (QED) is 0.623. The molecular formula is C23H31NO3. The summed E-state index contributed by atoms with van der Waals surface area (Å²) in [6.45, 7) is 8.47.